The molecular weight excluding hydrogens is 383 g/mol. The predicted octanol–water partition coefficient (Wildman–Crippen LogP) is 3.10. The lowest BCUT2D eigenvalue weighted by molar-refractivity contribution is -0.140. The molecule has 0 spiro atoms. The summed E-state index contributed by atoms with van der Waals surface area (Å²) in [5.41, 5.74) is -0.366. The van der Waals surface area contributed by atoms with Crippen LogP contribution in [0.2, 0.25) is 0 Å². The summed E-state index contributed by atoms with van der Waals surface area (Å²) >= 11 is 0. The molecular formula is C20H18F3N5O. The molecule has 2 aromatic heterocycles. The van der Waals surface area contributed by atoms with Crippen molar-refractivity contribution in [3.05, 3.63) is 54.0 Å². The van der Waals surface area contributed by atoms with Crippen LogP contribution in [0.15, 0.2) is 42.7 Å². The topological polar surface area (TPSA) is 62.2 Å². The minimum atomic E-state index is -4.66. The third-order valence-corrected chi connectivity index (χ3v) is 4.92. The van der Waals surface area contributed by atoms with Gasteiger partial charge in [0.15, 0.2) is 5.69 Å². The van der Waals surface area contributed by atoms with Crippen LogP contribution in [0.25, 0.3) is 22.3 Å². The Bertz CT molecular complexity index is 1050. The molecule has 0 N–H and O–H groups in total. The SMILES string of the molecule is CN1CCN(C(=O)c2ccc3nc(C(F)(F)F)c(-c4ccncc4)nc3c2)CC1. The fourth-order valence-corrected chi connectivity index (χ4v) is 3.29. The highest BCUT2D eigenvalue weighted by atomic mass is 19.4. The van der Waals surface area contributed by atoms with Crippen molar-refractivity contribution in [2.24, 2.45) is 0 Å². The van der Waals surface area contributed by atoms with Gasteiger partial charge in [0.2, 0.25) is 0 Å². The minimum Gasteiger partial charge on any atom is -0.336 e. The normalized spacial score (nSPS) is 15.7. The van der Waals surface area contributed by atoms with Gasteiger partial charge in [-0.25, -0.2) is 9.97 Å². The Morgan fingerprint density at radius 3 is 2.31 bits per heavy atom. The molecule has 0 saturated carbocycles. The predicted molar refractivity (Wildman–Crippen MR) is 101 cm³/mol. The summed E-state index contributed by atoms with van der Waals surface area (Å²) in [4.78, 5) is 28.5. The quantitative estimate of drug-likeness (QED) is 0.660. The Kier molecular flexibility index (Phi) is 4.91. The maximum Gasteiger partial charge on any atom is 0.435 e. The Morgan fingerprint density at radius 1 is 0.966 bits per heavy atom. The van der Waals surface area contributed by atoms with Gasteiger partial charge in [-0.05, 0) is 37.4 Å². The number of hydrogen-bond acceptors (Lipinski definition) is 5. The summed E-state index contributed by atoms with van der Waals surface area (Å²) in [6, 6.07) is 7.32. The van der Waals surface area contributed by atoms with E-state index in [2.05, 4.69) is 19.9 Å². The van der Waals surface area contributed by atoms with Gasteiger partial charge in [-0.15, -0.1) is 0 Å². The van der Waals surface area contributed by atoms with Crippen LogP contribution in [-0.2, 0) is 6.18 Å². The standard InChI is InChI=1S/C20H18F3N5O/c1-27-8-10-28(11-9-27)19(29)14-2-3-15-16(12-14)25-17(13-4-6-24-7-5-13)18(26-15)20(21,22)23/h2-7,12H,8-11H2,1H3. The average Bonchev–Trinajstić information content (AvgIpc) is 2.72. The summed E-state index contributed by atoms with van der Waals surface area (Å²) in [6.07, 6.45) is -1.86. The van der Waals surface area contributed by atoms with Crippen molar-refractivity contribution in [3.8, 4) is 11.3 Å². The van der Waals surface area contributed by atoms with Crippen molar-refractivity contribution < 1.29 is 18.0 Å². The number of carbonyl (C=O) groups excluding carboxylic acids is 1. The summed E-state index contributed by atoms with van der Waals surface area (Å²) in [5, 5.41) is 0. The minimum absolute atomic E-state index is 0.0880. The molecule has 1 aliphatic rings. The molecule has 29 heavy (non-hydrogen) atoms. The van der Waals surface area contributed by atoms with Gasteiger partial charge in [-0.3, -0.25) is 9.78 Å². The zero-order chi connectivity index (χ0) is 20.6. The van der Waals surface area contributed by atoms with Crippen molar-refractivity contribution >= 4 is 16.9 Å². The highest BCUT2D eigenvalue weighted by Crippen LogP contribution is 2.35. The summed E-state index contributed by atoms with van der Waals surface area (Å²) in [5.74, 6) is -0.160. The molecule has 1 aliphatic heterocycles. The zero-order valence-corrected chi connectivity index (χ0v) is 15.6. The van der Waals surface area contributed by atoms with Gasteiger partial charge in [0, 0.05) is 49.7 Å². The molecule has 0 bridgehead atoms. The van der Waals surface area contributed by atoms with E-state index in [-0.39, 0.29) is 28.2 Å². The van der Waals surface area contributed by atoms with Crippen LogP contribution in [0, 0.1) is 0 Å². The lowest BCUT2D eigenvalue weighted by atomic mass is 10.1. The van der Waals surface area contributed by atoms with Crippen LogP contribution in [0.4, 0.5) is 13.2 Å². The molecule has 6 nitrogen and oxygen atoms in total. The van der Waals surface area contributed by atoms with Gasteiger partial charge in [0.05, 0.1) is 11.0 Å². The van der Waals surface area contributed by atoms with Crippen molar-refractivity contribution in [1.29, 1.82) is 0 Å². The Balaban J connectivity index is 1.78. The smallest absolute Gasteiger partial charge is 0.336 e. The lowest BCUT2D eigenvalue weighted by Crippen LogP contribution is -2.47. The zero-order valence-electron chi connectivity index (χ0n) is 15.6. The number of carbonyl (C=O) groups is 1. The maximum atomic E-state index is 13.6. The number of rotatable bonds is 2. The second-order valence-corrected chi connectivity index (χ2v) is 6.95. The van der Waals surface area contributed by atoms with E-state index in [1.165, 1.54) is 42.7 Å². The van der Waals surface area contributed by atoms with E-state index in [0.29, 0.717) is 18.7 Å². The molecule has 9 heteroatoms. The number of piperazine rings is 1. The number of nitrogens with zero attached hydrogens (tertiary/aromatic N) is 5. The van der Waals surface area contributed by atoms with E-state index < -0.39 is 11.9 Å². The van der Waals surface area contributed by atoms with E-state index in [9.17, 15) is 18.0 Å². The first-order valence-electron chi connectivity index (χ1n) is 9.10. The van der Waals surface area contributed by atoms with Crippen molar-refractivity contribution in [2.45, 2.75) is 6.18 Å². The molecule has 3 aromatic rings. The summed E-state index contributed by atoms with van der Waals surface area (Å²) < 4.78 is 40.7. The monoisotopic (exact) mass is 401 g/mol. The highest BCUT2D eigenvalue weighted by molar-refractivity contribution is 5.97. The van der Waals surface area contributed by atoms with Crippen LogP contribution < -0.4 is 0 Å². The van der Waals surface area contributed by atoms with Crippen LogP contribution in [0.1, 0.15) is 16.1 Å². The number of aromatic nitrogens is 3. The molecule has 0 atom stereocenters. The Morgan fingerprint density at radius 2 is 1.66 bits per heavy atom. The molecule has 0 aliphatic carbocycles. The summed E-state index contributed by atoms with van der Waals surface area (Å²) in [6.45, 7) is 2.77. The number of benzene rings is 1. The molecule has 0 unspecified atom stereocenters. The molecule has 1 saturated heterocycles. The van der Waals surface area contributed by atoms with Crippen molar-refractivity contribution in [3.63, 3.8) is 0 Å². The van der Waals surface area contributed by atoms with Gasteiger partial charge in [0.1, 0.15) is 5.69 Å². The number of likely N-dealkylation sites (N-methyl/N-ethyl adjacent to an activating group) is 1. The number of halogens is 3. The average molecular weight is 401 g/mol. The third kappa shape index (κ3) is 3.91. The first kappa shape index (κ1) is 19.3. The molecule has 3 heterocycles. The first-order valence-corrected chi connectivity index (χ1v) is 9.10. The van der Waals surface area contributed by atoms with Crippen molar-refractivity contribution in [1.82, 2.24) is 24.8 Å². The Labute approximate surface area is 165 Å². The summed E-state index contributed by atoms with van der Waals surface area (Å²) in [7, 11) is 1.99. The van der Waals surface area contributed by atoms with Gasteiger partial charge >= 0.3 is 6.18 Å². The number of pyridine rings is 1. The van der Waals surface area contributed by atoms with Crippen molar-refractivity contribution in [2.75, 3.05) is 33.2 Å². The number of amides is 1. The van der Waals surface area contributed by atoms with E-state index in [4.69, 9.17) is 0 Å². The van der Waals surface area contributed by atoms with E-state index in [1.54, 1.807) is 4.90 Å². The highest BCUT2D eigenvalue weighted by Gasteiger charge is 2.37. The van der Waals surface area contributed by atoms with Crippen LogP contribution in [0.3, 0.4) is 0 Å². The van der Waals surface area contributed by atoms with Crippen LogP contribution >= 0.6 is 0 Å². The molecule has 150 valence electrons. The Hall–Kier alpha value is -3.07. The van der Waals surface area contributed by atoms with E-state index in [0.717, 1.165) is 13.1 Å². The van der Waals surface area contributed by atoms with Gasteiger partial charge in [0.25, 0.3) is 5.91 Å². The van der Waals surface area contributed by atoms with Gasteiger partial charge in [-0.1, -0.05) is 0 Å². The van der Waals surface area contributed by atoms with E-state index in [1.807, 2.05) is 7.05 Å². The molecule has 1 amide bonds. The fourth-order valence-electron chi connectivity index (χ4n) is 3.29. The number of fused-ring (bicyclic) bond motifs is 1. The van der Waals surface area contributed by atoms with Crippen LogP contribution in [-0.4, -0.2) is 63.9 Å². The third-order valence-electron chi connectivity index (χ3n) is 4.92. The van der Waals surface area contributed by atoms with Gasteiger partial charge in [-0.2, -0.15) is 13.2 Å². The molecule has 1 fully saturated rings. The second kappa shape index (κ2) is 7.40. The van der Waals surface area contributed by atoms with Crippen LogP contribution in [0.5, 0.6) is 0 Å². The first-order chi connectivity index (χ1) is 13.8. The number of hydrogen-bond donors (Lipinski definition) is 0. The second-order valence-electron chi connectivity index (χ2n) is 6.95. The number of alkyl halides is 3. The van der Waals surface area contributed by atoms with E-state index >= 15 is 0 Å². The molecule has 4 rings (SSSR count). The molecule has 1 aromatic carbocycles. The lowest BCUT2D eigenvalue weighted by Gasteiger charge is -2.32. The van der Waals surface area contributed by atoms with Gasteiger partial charge < -0.3 is 9.80 Å². The maximum absolute atomic E-state index is 13.6. The molecule has 0 radical (unpaired) electrons. The largest absolute Gasteiger partial charge is 0.435 e. The fraction of sp³-hybridized carbons (Fsp3) is 0.300.